The molecule has 4 aromatic carbocycles. The Labute approximate surface area is 288 Å². The number of nitrogens with zero attached hydrogens (tertiary/aromatic N) is 6. The highest BCUT2D eigenvalue weighted by molar-refractivity contribution is 6.22. The predicted octanol–water partition coefficient (Wildman–Crippen LogP) is 10.3. The fourth-order valence-electron chi connectivity index (χ4n) is 6.73. The first-order valence-electron chi connectivity index (χ1n) is 16.3. The Morgan fingerprint density at radius 2 is 0.900 bits per heavy atom. The Morgan fingerprint density at radius 1 is 0.420 bits per heavy atom. The molecule has 0 spiro atoms. The molecule has 0 amide bonds. The summed E-state index contributed by atoms with van der Waals surface area (Å²) in [6.07, 6.45) is 10.9. The topological polar surface area (TPSA) is 88.2 Å². The van der Waals surface area contributed by atoms with Crippen LogP contribution in [0.5, 0.6) is 0 Å². The van der Waals surface area contributed by atoms with Crippen molar-refractivity contribution in [1.29, 1.82) is 5.26 Å². The van der Waals surface area contributed by atoms with Crippen molar-refractivity contribution < 1.29 is 0 Å². The average molecular weight is 639 g/mol. The highest BCUT2D eigenvalue weighted by atomic mass is 14.7. The van der Waals surface area contributed by atoms with Gasteiger partial charge in [-0.05, 0) is 106 Å². The molecule has 0 atom stereocenters. The average Bonchev–Trinajstić information content (AvgIpc) is 3.21. The van der Waals surface area contributed by atoms with Gasteiger partial charge in [0.15, 0.2) is 0 Å². The molecule has 0 fully saturated rings. The molecule has 0 saturated heterocycles. The van der Waals surface area contributed by atoms with Gasteiger partial charge in [-0.2, -0.15) is 5.26 Å². The molecule has 6 heteroatoms. The third-order valence-electron chi connectivity index (χ3n) is 9.17. The van der Waals surface area contributed by atoms with Gasteiger partial charge >= 0.3 is 0 Å². The number of benzene rings is 4. The van der Waals surface area contributed by atoms with E-state index in [1.54, 1.807) is 12.4 Å². The van der Waals surface area contributed by atoms with Crippen molar-refractivity contribution in [3.63, 3.8) is 0 Å². The number of rotatable bonds is 5. The number of hydrogen-bond donors (Lipinski definition) is 0. The summed E-state index contributed by atoms with van der Waals surface area (Å²) in [5, 5.41) is 13.5. The SMILES string of the molecule is N#Cc1ccc(-c2ccc(-c3cc4c5cccnc5c(-c5cc(-c6cccnc6)nc(-c6cccnc6)c5)cc4c4cccnc34)cc2)cc1. The maximum absolute atomic E-state index is 9.20. The Morgan fingerprint density at radius 3 is 1.40 bits per heavy atom. The zero-order valence-corrected chi connectivity index (χ0v) is 26.7. The van der Waals surface area contributed by atoms with Crippen LogP contribution in [0.1, 0.15) is 5.56 Å². The van der Waals surface area contributed by atoms with Crippen LogP contribution in [-0.4, -0.2) is 24.9 Å². The zero-order chi connectivity index (χ0) is 33.4. The van der Waals surface area contributed by atoms with Crippen LogP contribution in [0, 0.1) is 11.3 Å². The van der Waals surface area contributed by atoms with Gasteiger partial charge in [0.25, 0.3) is 0 Å². The summed E-state index contributed by atoms with van der Waals surface area (Å²) in [4.78, 5) is 23.7. The molecule has 0 aliphatic rings. The van der Waals surface area contributed by atoms with Gasteiger partial charge in [-0.15, -0.1) is 0 Å². The van der Waals surface area contributed by atoms with Crippen LogP contribution in [0.3, 0.4) is 0 Å². The summed E-state index contributed by atoms with van der Waals surface area (Å²) >= 11 is 0. The summed E-state index contributed by atoms with van der Waals surface area (Å²) in [7, 11) is 0. The lowest BCUT2D eigenvalue weighted by Crippen LogP contribution is -1.94. The molecule has 5 heterocycles. The van der Waals surface area contributed by atoms with Crippen LogP contribution in [0.25, 0.3) is 88.5 Å². The van der Waals surface area contributed by atoms with Crippen molar-refractivity contribution in [2.75, 3.05) is 0 Å². The first-order valence-corrected chi connectivity index (χ1v) is 16.3. The number of hydrogen-bond acceptors (Lipinski definition) is 6. The fraction of sp³-hybridized carbons (Fsp3) is 0. The van der Waals surface area contributed by atoms with Gasteiger partial charge in [-0.3, -0.25) is 19.9 Å². The molecule has 0 unspecified atom stereocenters. The Balaban J connectivity index is 1.26. The van der Waals surface area contributed by atoms with E-state index in [1.165, 1.54) is 0 Å². The number of aromatic nitrogens is 5. The van der Waals surface area contributed by atoms with Crippen molar-refractivity contribution in [3.8, 4) is 62.0 Å². The van der Waals surface area contributed by atoms with E-state index >= 15 is 0 Å². The Kier molecular flexibility index (Phi) is 7.07. The van der Waals surface area contributed by atoms with E-state index in [2.05, 4.69) is 76.7 Å². The maximum atomic E-state index is 9.20. The van der Waals surface area contributed by atoms with Crippen LogP contribution >= 0.6 is 0 Å². The van der Waals surface area contributed by atoms with Crippen LogP contribution < -0.4 is 0 Å². The van der Waals surface area contributed by atoms with Crippen LogP contribution in [0.2, 0.25) is 0 Å². The van der Waals surface area contributed by atoms with E-state index in [0.29, 0.717) is 5.56 Å². The second-order valence-electron chi connectivity index (χ2n) is 12.1. The van der Waals surface area contributed by atoms with E-state index in [0.717, 1.165) is 88.5 Å². The highest BCUT2D eigenvalue weighted by Crippen LogP contribution is 2.42. The largest absolute Gasteiger partial charge is 0.264 e. The minimum absolute atomic E-state index is 0.649. The summed E-state index contributed by atoms with van der Waals surface area (Å²) in [6.45, 7) is 0. The van der Waals surface area contributed by atoms with Crippen LogP contribution in [0.4, 0.5) is 0 Å². The van der Waals surface area contributed by atoms with Crippen molar-refractivity contribution >= 4 is 32.6 Å². The van der Waals surface area contributed by atoms with E-state index in [1.807, 2.05) is 85.5 Å². The molecular weight excluding hydrogens is 613 g/mol. The van der Waals surface area contributed by atoms with Gasteiger partial charge < -0.3 is 0 Å². The molecule has 0 saturated carbocycles. The number of pyridine rings is 5. The third kappa shape index (κ3) is 5.11. The molecule has 0 aliphatic heterocycles. The monoisotopic (exact) mass is 638 g/mol. The molecule has 5 aromatic heterocycles. The molecule has 50 heavy (non-hydrogen) atoms. The summed E-state index contributed by atoms with van der Waals surface area (Å²) in [5.41, 5.74) is 12.3. The zero-order valence-electron chi connectivity index (χ0n) is 26.7. The predicted molar refractivity (Wildman–Crippen MR) is 200 cm³/mol. The van der Waals surface area contributed by atoms with Crippen molar-refractivity contribution in [1.82, 2.24) is 24.9 Å². The van der Waals surface area contributed by atoms with Gasteiger partial charge in [0.1, 0.15) is 0 Å². The van der Waals surface area contributed by atoms with Gasteiger partial charge in [-0.1, -0.05) is 48.5 Å². The quantitative estimate of drug-likeness (QED) is 0.174. The van der Waals surface area contributed by atoms with Crippen molar-refractivity contribution in [2.45, 2.75) is 0 Å². The number of nitriles is 1. The van der Waals surface area contributed by atoms with Crippen molar-refractivity contribution in [2.24, 2.45) is 0 Å². The van der Waals surface area contributed by atoms with E-state index < -0.39 is 0 Å². The first kappa shape index (κ1) is 29.1. The second kappa shape index (κ2) is 12.2. The normalized spacial score (nSPS) is 11.2. The molecule has 232 valence electrons. The Hall–Kier alpha value is -7.10. The lowest BCUT2D eigenvalue weighted by Gasteiger charge is -2.16. The maximum Gasteiger partial charge on any atom is 0.0991 e. The summed E-state index contributed by atoms with van der Waals surface area (Å²) in [5.74, 6) is 0. The molecule has 9 rings (SSSR count). The molecular formula is C44H26N6. The fourth-order valence-corrected chi connectivity index (χ4v) is 6.73. The van der Waals surface area contributed by atoms with Crippen LogP contribution in [0.15, 0.2) is 159 Å². The summed E-state index contributed by atoms with van der Waals surface area (Å²) in [6, 6.07) is 43.4. The molecule has 9 aromatic rings. The van der Waals surface area contributed by atoms with E-state index in [4.69, 9.17) is 15.0 Å². The highest BCUT2D eigenvalue weighted by Gasteiger charge is 2.18. The van der Waals surface area contributed by atoms with E-state index in [9.17, 15) is 5.26 Å². The summed E-state index contributed by atoms with van der Waals surface area (Å²) < 4.78 is 0. The molecule has 6 nitrogen and oxygen atoms in total. The van der Waals surface area contributed by atoms with E-state index in [-0.39, 0.29) is 0 Å². The van der Waals surface area contributed by atoms with Gasteiger partial charge in [0.2, 0.25) is 0 Å². The molecule has 0 N–H and O–H groups in total. The smallest absolute Gasteiger partial charge is 0.0991 e. The van der Waals surface area contributed by atoms with Crippen LogP contribution in [-0.2, 0) is 0 Å². The molecule has 0 radical (unpaired) electrons. The Bertz CT molecular complexity index is 2680. The minimum Gasteiger partial charge on any atom is -0.264 e. The number of fused-ring (bicyclic) bond motifs is 5. The lowest BCUT2D eigenvalue weighted by atomic mass is 9.90. The molecule has 0 bridgehead atoms. The van der Waals surface area contributed by atoms with Crippen molar-refractivity contribution in [3.05, 3.63) is 164 Å². The first-order chi connectivity index (χ1) is 24.7. The standard InChI is InChI=1S/C44H26N6/c45-25-28-9-11-29(12-10-28)30-13-15-31(16-14-30)37-23-39-36-8-4-20-49-44(36)38(24-40(39)35-7-3-19-48-43(35)37)34-21-41(32-5-1-17-46-26-32)50-42(22-34)33-6-2-18-47-27-33/h1-24,26-27H. The molecule has 0 aliphatic carbocycles. The third-order valence-corrected chi connectivity index (χ3v) is 9.17. The van der Waals surface area contributed by atoms with Gasteiger partial charge in [-0.25, -0.2) is 4.98 Å². The van der Waals surface area contributed by atoms with Gasteiger partial charge in [0.05, 0.1) is 34.1 Å². The minimum atomic E-state index is 0.649. The van der Waals surface area contributed by atoms with Gasteiger partial charge in [0, 0.05) is 70.2 Å². The lowest BCUT2D eigenvalue weighted by molar-refractivity contribution is 1.26. The second-order valence-corrected chi connectivity index (χ2v) is 12.1.